The summed E-state index contributed by atoms with van der Waals surface area (Å²) in [6.45, 7) is 9.34. The van der Waals surface area contributed by atoms with E-state index in [-0.39, 0.29) is 17.4 Å². The highest BCUT2D eigenvalue weighted by Crippen LogP contribution is 2.35. The lowest BCUT2D eigenvalue weighted by atomic mass is 10.0. The minimum Gasteiger partial charge on any atom is -0.508 e. The summed E-state index contributed by atoms with van der Waals surface area (Å²) in [5.41, 5.74) is 4.30. The Morgan fingerprint density at radius 3 is 2.33 bits per heavy atom. The Balaban J connectivity index is 1.59. The predicted octanol–water partition coefficient (Wildman–Crippen LogP) is 3.22. The maximum atomic E-state index is 10.4. The quantitative estimate of drug-likeness (QED) is 0.676. The van der Waals surface area contributed by atoms with E-state index in [1.807, 2.05) is 13.8 Å². The fraction of sp³-hybridized carbons (Fsp3) is 0.391. The Kier molecular flexibility index (Phi) is 5.74. The van der Waals surface area contributed by atoms with E-state index in [2.05, 4.69) is 51.4 Å². The van der Waals surface area contributed by atoms with Gasteiger partial charge in [-0.1, -0.05) is 43.3 Å². The summed E-state index contributed by atoms with van der Waals surface area (Å²) in [5, 5.41) is 28.8. The summed E-state index contributed by atoms with van der Waals surface area (Å²) in [4.78, 5) is 4.83. The average molecular weight is 408 g/mol. The highest BCUT2D eigenvalue weighted by molar-refractivity contribution is 5.64. The predicted molar refractivity (Wildman–Crippen MR) is 117 cm³/mol. The Hall–Kier alpha value is -2.90. The molecule has 0 radical (unpaired) electrons. The Morgan fingerprint density at radius 1 is 0.967 bits per heavy atom. The van der Waals surface area contributed by atoms with Gasteiger partial charge in [0.2, 0.25) is 0 Å². The standard InChI is InChI=1S/C23H29N5O2/c1-16(2)19-12-20(23(30)13-22(19)29)28-21(14-24-25-28)18-6-4-17(5-7-18)15-27-10-8-26(3)9-11-27/h4-7,12-14,16,29-30H,8-11,15H2,1-3H3. The molecule has 0 saturated carbocycles. The molecule has 1 aliphatic rings. The second-order valence-electron chi connectivity index (χ2n) is 8.36. The van der Waals surface area contributed by atoms with Crippen molar-refractivity contribution in [3.05, 3.63) is 53.7 Å². The van der Waals surface area contributed by atoms with Crippen molar-refractivity contribution in [3.8, 4) is 28.4 Å². The van der Waals surface area contributed by atoms with Crippen molar-refractivity contribution in [2.24, 2.45) is 0 Å². The topological polar surface area (TPSA) is 77.7 Å². The zero-order valence-electron chi connectivity index (χ0n) is 17.8. The summed E-state index contributed by atoms with van der Waals surface area (Å²) in [6, 6.07) is 11.6. The molecule has 3 aromatic rings. The molecule has 4 rings (SSSR count). The van der Waals surface area contributed by atoms with Crippen molar-refractivity contribution in [3.63, 3.8) is 0 Å². The molecular weight excluding hydrogens is 378 g/mol. The van der Waals surface area contributed by atoms with Crippen molar-refractivity contribution in [2.45, 2.75) is 26.3 Å². The van der Waals surface area contributed by atoms with Gasteiger partial charge in [0, 0.05) is 44.4 Å². The first-order valence-corrected chi connectivity index (χ1v) is 10.4. The van der Waals surface area contributed by atoms with Gasteiger partial charge in [0.25, 0.3) is 0 Å². The molecule has 30 heavy (non-hydrogen) atoms. The lowest BCUT2D eigenvalue weighted by Crippen LogP contribution is -2.43. The highest BCUT2D eigenvalue weighted by Gasteiger charge is 2.18. The van der Waals surface area contributed by atoms with Gasteiger partial charge in [0.1, 0.15) is 17.2 Å². The number of aromatic nitrogens is 3. The summed E-state index contributed by atoms with van der Waals surface area (Å²) in [7, 11) is 2.17. The molecule has 2 heterocycles. The van der Waals surface area contributed by atoms with E-state index in [0.29, 0.717) is 5.69 Å². The zero-order valence-corrected chi connectivity index (χ0v) is 17.8. The molecule has 158 valence electrons. The van der Waals surface area contributed by atoms with Crippen LogP contribution in [0.1, 0.15) is 30.9 Å². The van der Waals surface area contributed by atoms with Crippen LogP contribution in [-0.2, 0) is 6.54 Å². The first-order chi connectivity index (χ1) is 14.4. The van der Waals surface area contributed by atoms with Crippen molar-refractivity contribution in [2.75, 3.05) is 33.2 Å². The van der Waals surface area contributed by atoms with E-state index < -0.39 is 0 Å². The number of rotatable bonds is 5. The molecule has 0 aliphatic carbocycles. The SMILES string of the molecule is CC(C)c1cc(-n2nncc2-c2ccc(CN3CCN(C)CC3)cc2)c(O)cc1O. The normalized spacial score (nSPS) is 15.7. The van der Waals surface area contributed by atoms with Gasteiger partial charge in [-0.3, -0.25) is 4.90 Å². The van der Waals surface area contributed by atoms with Gasteiger partial charge in [0.05, 0.1) is 11.9 Å². The molecule has 0 bridgehead atoms. The van der Waals surface area contributed by atoms with Crippen LogP contribution < -0.4 is 0 Å². The minimum atomic E-state index is -0.0321. The molecule has 0 unspecified atom stereocenters. The summed E-state index contributed by atoms with van der Waals surface area (Å²) < 4.78 is 1.62. The number of phenolic OH excluding ortho intramolecular Hbond substituents is 2. The van der Waals surface area contributed by atoms with Crippen molar-refractivity contribution in [1.29, 1.82) is 0 Å². The van der Waals surface area contributed by atoms with Gasteiger partial charge in [-0.2, -0.15) is 0 Å². The van der Waals surface area contributed by atoms with Crippen LogP contribution >= 0.6 is 0 Å². The van der Waals surface area contributed by atoms with E-state index in [0.717, 1.165) is 49.5 Å². The Labute approximate surface area is 177 Å². The van der Waals surface area contributed by atoms with Crippen LogP contribution in [0.25, 0.3) is 16.9 Å². The molecular formula is C23H29N5O2. The number of phenols is 2. The van der Waals surface area contributed by atoms with E-state index >= 15 is 0 Å². The van der Waals surface area contributed by atoms with Gasteiger partial charge in [-0.05, 0) is 30.2 Å². The third-order valence-electron chi connectivity index (χ3n) is 5.78. The number of piperazine rings is 1. The fourth-order valence-corrected chi connectivity index (χ4v) is 3.87. The number of hydrogen-bond acceptors (Lipinski definition) is 6. The molecule has 1 aromatic heterocycles. The van der Waals surface area contributed by atoms with Crippen LogP contribution in [0.15, 0.2) is 42.6 Å². The van der Waals surface area contributed by atoms with Gasteiger partial charge < -0.3 is 15.1 Å². The van der Waals surface area contributed by atoms with E-state index in [9.17, 15) is 10.2 Å². The zero-order chi connectivity index (χ0) is 21.3. The fourth-order valence-electron chi connectivity index (χ4n) is 3.87. The van der Waals surface area contributed by atoms with E-state index in [4.69, 9.17) is 0 Å². The molecule has 1 aliphatic heterocycles. The first kappa shape index (κ1) is 20.4. The molecule has 7 heteroatoms. The lowest BCUT2D eigenvalue weighted by molar-refractivity contribution is 0.148. The third kappa shape index (κ3) is 4.17. The molecule has 2 aromatic carbocycles. The molecule has 0 amide bonds. The van der Waals surface area contributed by atoms with E-state index in [1.54, 1.807) is 16.9 Å². The minimum absolute atomic E-state index is 0.0321. The number of aromatic hydroxyl groups is 2. The Morgan fingerprint density at radius 2 is 1.67 bits per heavy atom. The van der Waals surface area contributed by atoms with Crippen LogP contribution in [0.5, 0.6) is 11.5 Å². The molecule has 0 atom stereocenters. The van der Waals surface area contributed by atoms with Crippen LogP contribution in [0, 0.1) is 0 Å². The Bertz CT molecular complexity index is 1000. The second-order valence-corrected chi connectivity index (χ2v) is 8.36. The van der Waals surface area contributed by atoms with Crippen molar-refractivity contribution >= 4 is 0 Å². The molecule has 7 nitrogen and oxygen atoms in total. The summed E-state index contributed by atoms with van der Waals surface area (Å²) in [6.07, 6.45) is 1.69. The largest absolute Gasteiger partial charge is 0.508 e. The van der Waals surface area contributed by atoms with E-state index in [1.165, 1.54) is 11.6 Å². The number of benzene rings is 2. The number of nitrogens with zero attached hydrogens (tertiary/aromatic N) is 5. The number of likely N-dealkylation sites (N-methyl/N-ethyl adjacent to an activating group) is 1. The smallest absolute Gasteiger partial charge is 0.145 e. The summed E-state index contributed by atoms with van der Waals surface area (Å²) >= 11 is 0. The molecule has 0 spiro atoms. The molecule has 2 N–H and O–H groups in total. The number of hydrogen-bond donors (Lipinski definition) is 2. The maximum Gasteiger partial charge on any atom is 0.145 e. The van der Waals surface area contributed by atoms with Crippen LogP contribution in [0.3, 0.4) is 0 Å². The molecule has 1 fully saturated rings. The van der Waals surface area contributed by atoms with Gasteiger partial charge in [-0.25, -0.2) is 4.68 Å². The summed E-state index contributed by atoms with van der Waals surface area (Å²) in [5.74, 6) is 0.168. The van der Waals surface area contributed by atoms with Gasteiger partial charge in [-0.15, -0.1) is 5.10 Å². The van der Waals surface area contributed by atoms with Crippen LogP contribution in [-0.4, -0.2) is 68.2 Å². The van der Waals surface area contributed by atoms with Crippen molar-refractivity contribution < 1.29 is 10.2 Å². The lowest BCUT2D eigenvalue weighted by Gasteiger charge is -2.32. The van der Waals surface area contributed by atoms with Crippen LogP contribution in [0.4, 0.5) is 0 Å². The average Bonchev–Trinajstić information content (AvgIpc) is 3.19. The maximum absolute atomic E-state index is 10.4. The third-order valence-corrected chi connectivity index (χ3v) is 5.78. The monoisotopic (exact) mass is 407 g/mol. The first-order valence-electron chi connectivity index (χ1n) is 10.4. The van der Waals surface area contributed by atoms with Crippen molar-refractivity contribution in [1.82, 2.24) is 24.8 Å². The second kappa shape index (κ2) is 8.45. The van der Waals surface area contributed by atoms with Gasteiger partial charge >= 0.3 is 0 Å². The molecule has 1 saturated heterocycles. The van der Waals surface area contributed by atoms with Crippen LogP contribution in [0.2, 0.25) is 0 Å². The highest BCUT2D eigenvalue weighted by atomic mass is 16.3. The van der Waals surface area contributed by atoms with Gasteiger partial charge in [0.15, 0.2) is 0 Å².